The first-order valence-electron chi connectivity index (χ1n) is 4.49. The summed E-state index contributed by atoms with van der Waals surface area (Å²) in [6.45, 7) is 3.37. The highest BCUT2D eigenvalue weighted by molar-refractivity contribution is 5.27. The lowest BCUT2D eigenvalue weighted by Crippen LogP contribution is -2.01. The van der Waals surface area contributed by atoms with Gasteiger partial charge in [-0.1, -0.05) is 18.2 Å². The molecule has 1 nitrogen and oxygen atoms in total. The van der Waals surface area contributed by atoms with E-state index >= 15 is 0 Å². The molecule has 0 fully saturated rings. The molecule has 0 heterocycles. The van der Waals surface area contributed by atoms with Crippen molar-refractivity contribution in [3.63, 3.8) is 0 Å². The van der Waals surface area contributed by atoms with E-state index in [0.717, 1.165) is 0 Å². The van der Waals surface area contributed by atoms with E-state index in [-0.39, 0.29) is 12.2 Å². The highest BCUT2D eigenvalue weighted by Gasteiger charge is 2.12. The number of aryl methyl sites for hydroxylation is 1. The van der Waals surface area contributed by atoms with Crippen LogP contribution in [-0.4, -0.2) is 5.11 Å². The van der Waals surface area contributed by atoms with E-state index in [1.165, 1.54) is 0 Å². The van der Waals surface area contributed by atoms with Crippen LogP contribution in [0.1, 0.15) is 30.6 Å². The summed E-state index contributed by atoms with van der Waals surface area (Å²) >= 11 is 0. The molecule has 0 amide bonds. The Kier molecular flexibility index (Phi) is 3.67. The first kappa shape index (κ1) is 10.7. The Morgan fingerprint density at radius 3 is 2.86 bits per heavy atom. The molecule has 0 saturated heterocycles. The number of rotatable bonds is 2. The molecule has 0 aliphatic heterocycles. The summed E-state index contributed by atoms with van der Waals surface area (Å²) in [7, 11) is 0. The smallest absolute Gasteiger partial charge is 0.131 e. The third kappa shape index (κ3) is 2.34. The highest BCUT2D eigenvalue weighted by Crippen LogP contribution is 2.21. The number of hydrogen-bond acceptors (Lipinski definition) is 1. The fraction of sp³-hybridized carbons (Fsp3) is 0.333. The maximum absolute atomic E-state index is 13.5. The molecule has 1 N–H and O–H groups in total. The average molecular weight is 192 g/mol. The van der Waals surface area contributed by atoms with Crippen molar-refractivity contribution in [1.82, 2.24) is 0 Å². The maximum Gasteiger partial charge on any atom is 0.131 e. The average Bonchev–Trinajstić information content (AvgIpc) is 2.18. The molecule has 0 aliphatic rings. The van der Waals surface area contributed by atoms with Crippen LogP contribution >= 0.6 is 0 Å². The first-order chi connectivity index (χ1) is 6.66. The second-order valence-corrected chi connectivity index (χ2v) is 3.12. The van der Waals surface area contributed by atoms with Crippen molar-refractivity contribution < 1.29 is 9.50 Å². The van der Waals surface area contributed by atoms with Gasteiger partial charge in [0.1, 0.15) is 5.82 Å². The van der Waals surface area contributed by atoms with Crippen LogP contribution in [0.2, 0.25) is 0 Å². The summed E-state index contributed by atoms with van der Waals surface area (Å²) in [5.41, 5.74) is 0.874. The fourth-order valence-electron chi connectivity index (χ4n) is 1.24. The van der Waals surface area contributed by atoms with E-state index in [4.69, 9.17) is 0 Å². The Hall–Kier alpha value is -1.33. The Morgan fingerprint density at radius 1 is 1.50 bits per heavy atom. The van der Waals surface area contributed by atoms with Gasteiger partial charge >= 0.3 is 0 Å². The van der Waals surface area contributed by atoms with Gasteiger partial charge < -0.3 is 5.11 Å². The molecule has 14 heavy (non-hydrogen) atoms. The van der Waals surface area contributed by atoms with E-state index in [0.29, 0.717) is 11.1 Å². The van der Waals surface area contributed by atoms with E-state index in [2.05, 4.69) is 11.8 Å². The Labute approximate surface area is 83.6 Å². The molecule has 1 aromatic rings. The lowest BCUT2D eigenvalue weighted by molar-refractivity contribution is 0.179. The van der Waals surface area contributed by atoms with Gasteiger partial charge in [-0.2, -0.15) is 0 Å². The highest BCUT2D eigenvalue weighted by atomic mass is 19.1. The standard InChI is InChI=1S/C12H13FO/c1-3-4-8-11(14)10-7-5-6-9(2)12(10)13/h5-7,11,14H,8H2,1-2H3. The molecule has 74 valence electrons. The van der Waals surface area contributed by atoms with Gasteiger partial charge in [0, 0.05) is 12.0 Å². The van der Waals surface area contributed by atoms with Gasteiger partial charge in [0.15, 0.2) is 0 Å². The molecular weight excluding hydrogens is 179 g/mol. The summed E-state index contributed by atoms with van der Waals surface area (Å²) in [6, 6.07) is 5.00. The van der Waals surface area contributed by atoms with Crippen LogP contribution in [0.4, 0.5) is 4.39 Å². The van der Waals surface area contributed by atoms with Gasteiger partial charge in [0.2, 0.25) is 0 Å². The number of aliphatic hydroxyl groups excluding tert-OH is 1. The molecule has 0 aromatic heterocycles. The summed E-state index contributed by atoms with van der Waals surface area (Å²) in [5, 5.41) is 9.61. The van der Waals surface area contributed by atoms with Crippen LogP contribution in [0.25, 0.3) is 0 Å². The predicted molar refractivity (Wildman–Crippen MR) is 54.2 cm³/mol. The summed E-state index contributed by atoms with van der Waals surface area (Å²) in [5.74, 6) is 5.06. The topological polar surface area (TPSA) is 20.2 Å². The zero-order chi connectivity index (χ0) is 10.6. The van der Waals surface area contributed by atoms with Crippen molar-refractivity contribution in [1.29, 1.82) is 0 Å². The number of aliphatic hydroxyl groups is 1. The van der Waals surface area contributed by atoms with Crippen LogP contribution in [0.15, 0.2) is 18.2 Å². The van der Waals surface area contributed by atoms with Gasteiger partial charge in [-0.3, -0.25) is 0 Å². The molecule has 0 aliphatic carbocycles. The molecule has 0 bridgehead atoms. The quantitative estimate of drug-likeness (QED) is 0.714. The molecule has 2 heteroatoms. The largest absolute Gasteiger partial charge is 0.387 e. The molecule has 1 atom stereocenters. The third-order valence-corrected chi connectivity index (χ3v) is 2.05. The summed E-state index contributed by atoms with van der Waals surface area (Å²) in [6.07, 6.45) is -0.556. The molecule has 1 rings (SSSR count). The van der Waals surface area contributed by atoms with Gasteiger partial charge in [-0.05, 0) is 19.4 Å². The van der Waals surface area contributed by atoms with Crippen molar-refractivity contribution in [3.8, 4) is 11.8 Å². The van der Waals surface area contributed by atoms with E-state index in [9.17, 15) is 9.50 Å². The van der Waals surface area contributed by atoms with Gasteiger partial charge in [-0.15, -0.1) is 11.8 Å². The van der Waals surface area contributed by atoms with Crippen molar-refractivity contribution >= 4 is 0 Å². The lowest BCUT2D eigenvalue weighted by atomic mass is 10.0. The van der Waals surface area contributed by atoms with Crippen LogP contribution in [0.3, 0.4) is 0 Å². The van der Waals surface area contributed by atoms with Crippen molar-refractivity contribution in [2.24, 2.45) is 0 Å². The fourth-order valence-corrected chi connectivity index (χ4v) is 1.24. The van der Waals surface area contributed by atoms with Gasteiger partial charge in [0.05, 0.1) is 6.10 Å². The monoisotopic (exact) mass is 192 g/mol. The van der Waals surface area contributed by atoms with Crippen LogP contribution in [-0.2, 0) is 0 Å². The second-order valence-electron chi connectivity index (χ2n) is 3.12. The molecule has 1 aromatic carbocycles. The number of halogens is 1. The Balaban J connectivity index is 2.93. The summed E-state index contributed by atoms with van der Waals surface area (Å²) < 4.78 is 13.5. The van der Waals surface area contributed by atoms with Gasteiger partial charge in [0.25, 0.3) is 0 Å². The Morgan fingerprint density at radius 2 is 2.21 bits per heavy atom. The van der Waals surface area contributed by atoms with Crippen molar-refractivity contribution in [2.45, 2.75) is 26.4 Å². The lowest BCUT2D eigenvalue weighted by Gasteiger charge is -2.09. The van der Waals surface area contributed by atoms with Gasteiger partial charge in [-0.25, -0.2) is 4.39 Å². The summed E-state index contributed by atoms with van der Waals surface area (Å²) in [4.78, 5) is 0. The van der Waals surface area contributed by atoms with Crippen molar-refractivity contribution in [2.75, 3.05) is 0 Å². The molecule has 0 radical (unpaired) electrons. The minimum atomic E-state index is -0.831. The molecular formula is C12H13FO. The van der Waals surface area contributed by atoms with Crippen LogP contribution in [0, 0.1) is 24.6 Å². The predicted octanol–water partition coefficient (Wildman–Crippen LogP) is 2.58. The zero-order valence-electron chi connectivity index (χ0n) is 8.34. The molecule has 1 unspecified atom stereocenters. The van der Waals surface area contributed by atoms with E-state index in [1.54, 1.807) is 32.0 Å². The molecule has 0 spiro atoms. The SMILES string of the molecule is CC#CCC(O)c1cccc(C)c1F. The third-order valence-electron chi connectivity index (χ3n) is 2.05. The minimum absolute atomic E-state index is 0.275. The molecule has 0 saturated carbocycles. The first-order valence-corrected chi connectivity index (χ1v) is 4.49. The number of benzene rings is 1. The van der Waals surface area contributed by atoms with Crippen LogP contribution in [0.5, 0.6) is 0 Å². The van der Waals surface area contributed by atoms with Crippen LogP contribution < -0.4 is 0 Å². The zero-order valence-corrected chi connectivity index (χ0v) is 8.34. The normalized spacial score (nSPS) is 11.7. The Bertz CT molecular complexity index is 374. The van der Waals surface area contributed by atoms with Crippen molar-refractivity contribution in [3.05, 3.63) is 35.1 Å². The second kappa shape index (κ2) is 4.78. The van der Waals surface area contributed by atoms with E-state index in [1.807, 2.05) is 0 Å². The maximum atomic E-state index is 13.5. The number of hydrogen-bond donors (Lipinski definition) is 1. The van der Waals surface area contributed by atoms with E-state index < -0.39 is 6.10 Å². The minimum Gasteiger partial charge on any atom is -0.387 e.